The van der Waals surface area contributed by atoms with Gasteiger partial charge in [-0.15, -0.1) is 0 Å². The molecule has 4 heterocycles. The van der Waals surface area contributed by atoms with Gasteiger partial charge in [0.15, 0.2) is 6.29 Å². The smallest absolute Gasteiger partial charge is 0.272 e. The molecule has 2 atom stereocenters. The summed E-state index contributed by atoms with van der Waals surface area (Å²) in [5, 5.41) is 37.3. The average Bonchev–Trinajstić information content (AvgIpc) is 3.98. The maximum atomic E-state index is 13.8. The summed E-state index contributed by atoms with van der Waals surface area (Å²) in [6, 6.07) is 9.83. The van der Waals surface area contributed by atoms with Crippen LogP contribution in [0.15, 0.2) is 48.6 Å². The number of benzene rings is 2. The third-order valence-electron chi connectivity index (χ3n) is 10.1. The number of nitrogens with one attached hydrogen (secondary N) is 3. The number of aromatic nitrogens is 4. The van der Waals surface area contributed by atoms with Gasteiger partial charge < -0.3 is 56.9 Å². The number of ether oxygens (including phenoxy) is 2. The minimum absolute atomic E-state index is 0.0940. The van der Waals surface area contributed by atoms with Crippen LogP contribution in [0.5, 0.6) is 11.5 Å². The fourth-order valence-electron chi connectivity index (χ4n) is 7.38. The standard InChI is InChI=1S/C41H53N11O8/c1-5-51-30(17-24(3)47-51)39(57)45-34-23-26-19-27(37(42)55)21-32(59-15-9-13-53)35(26)49(34)11-7-8-12-50-36-29(20-28(38(43)56)22-33(36)60-16-10-14-54)44-41(50)46-40(58)31-18-25(4)48-52(31)6-2/h7-8,17-22,34,41,44,53-54H,5-6,9-16,23H2,1-4H3,(H2,42,55)(H2,43,56)(H,45,57)(H,46,58)/b8-7+. The van der Waals surface area contributed by atoms with Gasteiger partial charge in [0, 0.05) is 69.8 Å². The molecule has 6 rings (SSSR count). The number of hydrogen-bond donors (Lipinski definition) is 7. The number of carbonyl (C=O) groups excluding carboxylic acids is 4. The largest absolute Gasteiger partial charge is 0.491 e. The molecule has 0 saturated carbocycles. The van der Waals surface area contributed by atoms with Gasteiger partial charge >= 0.3 is 0 Å². The van der Waals surface area contributed by atoms with E-state index in [1.165, 1.54) is 6.07 Å². The second kappa shape index (κ2) is 19.0. The van der Waals surface area contributed by atoms with Gasteiger partial charge in [-0.3, -0.25) is 28.5 Å². The molecule has 0 saturated heterocycles. The van der Waals surface area contributed by atoms with E-state index in [-0.39, 0.29) is 62.5 Å². The van der Waals surface area contributed by atoms with Crippen LogP contribution in [0.3, 0.4) is 0 Å². The minimum atomic E-state index is -0.814. The van der Waals surface area contributed by atoms with Crippen LogP contribution in [-0.4, -0.2) is 105 Å². The Labute approximate surface area is 347 Å². The third-order valence-corrected chi connectivity index (χ3v) is 10.1. The van der Waals surface area contributed by atoms with Crippen molar-refractivity contribution in [2.45, 2.75) is 72.5 Å². The number of primary amides is 2. The molecule has 0 radical (unpaired) electrons. The van der Waals surface area contributed by atoms with Crippen LogP contribution in [0, 0.1) is 13.8 Å². The molecule has 320 valence electrons. The number of nitrogens with two attached hydrogens (primary N) is 2. The van der Waals surface area contributed by atoms with E-state index in [9.17, 15) is 29.4 Å². The van der Waals surface area contributed by atoms with E-state index >= 15 is 0 Å². The van der Waals surface area contributed by atoms with Crippen LogP contribution < -0.4 is 46.7 Å². The zero-order chi connectivity index (χ0) is 43.1. The normalized spacial score (nSPS) is 15.5. The maximum Gasteiger partial charge on any atom is 0.272 e. The second-order valence-corrected chi connectivity index (χ2v) is 14.4. The molecule has 2 aromatic heterocycles. The van der Waals surface area contributed by atoms with Gasteiger partial charge in [0.1, 0.15) is 34.7 Å². The molecule has 19 heteroatoms. The fraction of sp³-hybridized carbons (Fsp3) is 0.415. The van der Waals surface area contributed by atoms with Crippen LogP contribution in [0.2, 0.25) is 0 Å². The monoisotopic (exact) mass is 827 g/mol. The van der Waals surface area contributed by atoms with E-state index in [1.54, 1.807) is 39.7 Å². The molecule has 4 amide bonds. The zero-order valence-corrected chi connectivity index (χ0v) is 34.2. The van der Waals surface area contributed by atoms with E-state index in [1.807, 2.05) is 49.6 Å². The Bertz CT molecular complexity index is 2110. The van der Waals surface area contributed by atoms with Crippen molar-refractivity contribution in [1.29, 1.82) is 0 Å². The highest BCUT2D eigenvalue weighted by Gasteiger charge is 2.36. The minimum Gasteiger partial charge on any atom is -0.491 e. The lowest BCUT2D eigenvalue weighted by molar-refractivity contribution is 0.0920. The summed E-state index contributed by atoms with van der Waals surface area (Å²) in [4.78, 5) is 56.2. The van der Waals surface area contributed by atoms with Gasteiger partial charge in [-0.25, -0.2) is 0 Å². The summed E-state index contributed by atoms with van der Waals surface area (Å²) in [5.74, 6) is -1.31. The molecule has 60 heavy (non-hydrogen) atoms. The molecular weight excluding hydrogens is 775 g/mol. The summed E-state index contributed by atoms with van der Waals surface area (Å²) >= 11 is 0. The number of aliphatic hydroxyl groups excluding tert-OH is 2. The van der Waals surface area contributed by atoms with Gasteiger partial charge in [0.25, 0.3) is 11.8 Å². The van der Waals surface area contributed by atoms with E-state index in [0.29, 0.717) is 83.7 Å². The van der Waals surface area contributed by atoms with Gasteiger partial charge in [0.05, 0.1) is 36.0 Å². The first-order valence-corrected chi connectivity index (χ1v) is 19.9. The molecule has 2 aromatic carbocycles. The van der Waals surface area contributed by atoms with Crippen molar-refractivity contribution in [3.8, 4) is 11.5 Å². The van der Waals surface area contributed by atoms with Crippen LogP contribution >= 0.6 is 0 Å². The molecule has 2 aliphatic heterocycles. The van der Waals surface area contributed by atoms with Crippen LogP contribution in [0.1, 0.15) is 85.3 Å². The first kappa shape index (κ1) is 43.0. The van der Waals surface area contributed by atoms with E-state index in [0.717, 1.165) is 5.56 Å². The highest BCUT2D eigenvalue weighted by atomic mass is 16.5. The Hall–Kier alpha value is -6.60. The molecule has 4 aromatic rings. The average molecular weight is 828 g/mol. The molecule has 2 unspecified atom stereocenters. The van der Waals surface area contributed by atoms with Gasteiger partial charge in [-0.05, 0) is 69.7 Å². The molecule has 0 fully saturated rings. The maximum absolute atomic E-state index is 13.8. The first-order valence-electron chi connectivity index (χ1n) is 19.9. The van der Waals surface area contributed by atoms with Crippen molar-refractivity contribution in [3.63, 3.8) is 0 Å². The summed E-state index contributed by atoms with van der Waals surface area (Å²) < 4.78 is 15.4. The SMILES string of the molecule is CCn1nc(C)cc1C(=O)NC1Cc2cc(C(N)=O)cc(OCCCO)c2N1C/C=C/CN1c2c(cc(C(N)=O)cc2OCCCO)NC1NC(=O)c1cc(C)nn1CC. The Morgan fingerprint density at radius 2 is 1.28 bits per heavy atom. The predicted molar refractivity (Wildman–Crippen MR) is 223 cm³/mol. The van der Waals surface area contributed by atoms with Crippen LogP contribution in [0.25, 0.3) is 0 Å². The molecule has 9 N–H and O–H groups in total. The topological polar surface area (TPSA) is 257 Å². The van der Waals surface area contributed by atoms with Crippen LogP contribution in [0.4, 0.5) is 17.1 Å². The van der Waals surface area contributed by atoms with Gasteiger partial charge in [-0.1, -0.05) is 12.2 Å². The molecular formula is C41H53N11O8. The Morgan fingerprint density at radius 3 is 1.82 bits per heavy atom. The summed E-state index contributed by atoms with van der Waals surface area (Å²) in [6.07, 6.45) is 3.43. The highest BCUT2D eigenvalue weighted by Crippen LogP contribution is 2.44. The molecule has 0 aliphatic carbocycles. The second-order valence-electron chi connectivity index (χ2n) is 14.4. The summed E-state index contributed by atoms with van der Waals surface area (Å²) in [6.45, 7) is 9.00. The van der Waals surface area contributed by atoms with E-state index in [4.69, 9.17) is 20.9 Å². The van der Waals surface area contributed by atoms with Crippen molar-refractivity contribution in [2.24, 2.45) is 11.5 Å². The summed E-state index contributed by atoms with van der Waals surface area (Å²) in [7, 11) is 0. The third kappa shape index (κ3) is 9.31. The number of aryl methyl sites for hydroxylation is 4. The number of aliphatic hydroxyl groups is 2. The molecule has 19 nitrogen and oxygen atoms in total. The van der Waals surface area contributed by atoms with Crippen molar-refractivity contribution in [1.82, 2.24) is 30.2 Å². The highest BCUT2D eigenvalue weighted by molar-refractivity contribution is 5.99. The number of hydrogen-bond acceptors (Lipinski definition) is 13. The number of rotatable bonds is 20. The van der Waals surface area contributed by atoms with E-state index < -0.39 is 24.3 Å². The Kier molecular flexibility index (Phi) is 13.6. The number of fused-ring (bicyclic) bond motifs is 2. The van der Waals surface area contributed by atoms with Crippen LogP contribution in [-0.2, 0) is 19.5 Å². The quantitative estimate of drug-likeness (QED) is 0.0496. The molecule has 0 bridgehead atoms. The van der Waals surface area contributed by atoms with Crippen molar-refractivity contribution in [2.75, 3.05) is 54.6 Å². The first-order chi connectivity index (χ1) is 28.9. The predicted octanol–water partition coefficient (Wildman–Crippen LogP) is 1.78. The van der Waals surface area contributed by atoms with Gasteiger partial charge in [-0.2, -0.15) is 10.2 Å². The lowest BCUT2D eigenvalue weighted by Crippen LogP contribution is -2.50. The number of amides is 4. The lowest BCUT2D eigenvalue weighted by Gasteiger charge is -2.29. The van der Waals surface area contributed by atoms with Crippen molar-refractivity contribution < 1.29 is 38.9 Å². The Morgan fingerprint density at radius 1 is 0.767 bits per heavy atom. The number of nitrogens with zero attached hydrogens (tertiary/aromatic N) is 6. The number of carbonyl (C=O) groups is 4. The summed E-state index contributed by atoms with van der Waals surface area (Å²) in [5.41, 5.74) is 16.5. The molecule has 0 spiro atoms. The van der Waals surface area contributed by atoms with Gasteiger partial charge in [0.2, 0.25) is 11.8 Å². The fourth-order valence-corrected chi connectivity index (χ4v) is 7.38. The lowest BCUT2D eigenvalue weighted by atomic mass is 10.1. The van der Waals surface area contributed by atoms with Crippen molar-refractivity contribution >= 4 is 40.7 Å². The Balaban J connectivity index is 1.34. The zero-order valence-electron chi connectivity index (χ0n) is 34.2. The van der Waals surface area contributed by atoms with E-state index in [2.05, 4.69) is 26.1 Å². The molecule has 2 aliphatic rings. The number of anilines is 3. The van der Waals surface area contributed by atoms with Crippen molar-refractivity contribution in [3.05, 3.63) is 88.0 Å².